The van der Waals surface area contributed by atoms with Gasteiger partial charge < -0.3 is 4.74 Å². The summed E-state index contributed by atoms with van der Waals surface area (Å²) in [6.45, 7) is 0. The first kappa shape index (κ1) is 18.3. The zero-order chi connectivity index (χ0) is 19.6. The van der Waals surface area contributed by atoms with Gasteiger partial charge in [0.1, 0.15) is 5.75 Å². The summed E-state index contributed by atoms with van der Waals surface area (Å²) in [6.07, 6.45) is -2.12. The van der Waals surface area contributed by atoms with Gasteiger partial charge >= 0.3 is 6.36 Å². The Morgan fingerprint density at radius 3 is 2.11 bits per heavy atom. The molecule has 142 valence electrons. The Bertz CT molecular complexity index is 990. The topological polar surface area (TPSA) is 21.6 Å². The van der Waals surface area contributed by atoms with Gasteiger partial charge in [0, 0.05) is 5.71 Å². The molecule has 3 aromatic rings. The second kappa shape index (κ2) is 7.50. The predicted octanol–water partition coefficient (Wildman–Crippen LogP) is 6.24. The standard InChI is InChI=1S/C23H18F3NO/c24-23(25,26)28-20-12-7-17(8-13-20)15-16-5-9-19(10-6-16)22-14-11-18-3-1-2-4-21(18)27-22/h1-10,12-13H,11,14-15H2. The highest BCUT2D eigenvalue weighted by Gasteiger charge is 2.30. The molecule has 4 rings (SSSR count). The monoisotopic (exact) mass is 381 g/mol. The fourth-order valence-corrected chi connectivity index (χ4v) is 3.35. The van der Waals surface area contributed by atoms with Crippen molar-refractivity contribution in [2.45, 2.75) is 25.6 Å². The van der Waals surface area contributed by atoms with E-state index in [0.29, 0.717) is 6.42 Å². The highest BCUT2D eigenvalue weighted by Crippen LogP contribution is 2.28. The SMILES string of the molecule is FC(F)(F)Oc1ccc(Cc2ccc(C3=Nc4ccccc4CC3)cc2)cc1. The lowest BCUT2D eigenvalue weighted by atomic mass is 9.96. The molecule has 0 fully saturated rings. The third-order valence-corrected chi connectivity index (χ3v) is 4.73. The maximum atomic E-state index is 12.2. The summed E-state index contributed by atoms with van der Waals surface area (Å²) in [4.78, 5) is 4.78. The molecule has 1 aliphatic heterocycles. The van der Waals surface area contributed by atoms with Crippen LogP contribution in [0.2, 0.25) is 0 Å². The summed E-state index contributed by atoms with van der Waals surface area (Å²) in [6, 6.07) is 22.4. The van der Waals surface area contributed by atoms with Gasteiger partial charge in [-0.1, -0.05) is 54.6 Å². The van der Waals surface area contributed by atoms with Crippen LogP contribution in [0.25, 0.3) is 0 Å². The third-order valence-electron chi connectivity index (χ3n) is 4.73. The van der Waals surface area contributed by atoms with E-state index in [1.165, 1.54) is 17.7 Å². The lowest BCUT2D eigenvalue weighted by molar-refractivity contribution is -0.274. The number of hydrogen-bond acceptors (Lipinski definition) is 2. The number of para-hydroxylation sites is 1. The number of ether oxygens (including phenoxy) is 1. The summed E-state index contributed by atoms with van der Waals surface area (Å²) < 4.78 is 40.6. The Hall–Kier alpha value is -3.08. The number of alkyl halides is 3. The van der Waals surface area contributed by atoms with Gasteiger partial charge in [0.2, 0.25) is 0 Å². The first-order valence-corrected chi connectivity index (χ1v) is 9.06. The van der Waals surface area contributed by atoms with Gasteiger partial charge in [-0.05, 0) is 59.7 Å². The second-order valence-corrected chi connectivity index (χ2v) is 6.75. The quantitative estimate of drug-likeness (QED) is 0.524. The lowest BCUT2D eigenvalue weighted by Crippen LogP contribution is -2.17. The smallest absolute Gasteiger partial charge is 0.406 e. The number of rotatable bonds is 4. The van der Waals surface area contributed by atoms with Crippen LogP contribution in [0.4, 0.5) is 18.9 Å². The van der Waals surface area contributed by atoms with E-state index in [-0.39, 0.29) is 5.75 Å². The number of aliphatic imine (C=N–C) groups is 1. The minimum Gasteiger partial charge on any atom is -0.406 e. The van der Waals surface area contributed by atoms with Crippen molar-refractivity contribution in [1.29, 1.82) is 0 Å². The van der Waals surface area contributed by atoms with Gasteiger partial charge in [-0.25, -0.2) is 0 Å². The van der Waals surface area contributed by atoms with E-state index >= 15 is 0 Å². The van der Waals surface area contributed by atoms with Gasteiger partial charge in [-0.15, -0.1) is 13.2 Å². The van der Waals surface area contributed by atoms with E-state index < -0.39 is 6.36 Å². The maximum absolute atomic E-state index is 12.2. The average molecular weight is 381 g/mol. The van der Waals surface area contributed by atoms with Crippen LogP contribution in [-0.2, 0) is 12.8 Å². The van der Waals surface area contributed by atoms with E-state index in [9.17, 15) is 13.2 Å². The molecule has 1 aliphatic rings. The average Bonchev–Trinajstić information content (AvgIpc) is 2.69. The van der Waals surface area contributed by atoms with Crippen LogP contribution in [-0.4, -0.2) is 12.1 Å². The number of halogens is 3. The first-order chi connectivity index (χ1) is 13.5. The largest absolute Gasteiger partial charge is 0.573 e. The minimum atomic E-state index is -4.67. The van der Waals surface area contributed by atoms with Crippen LogP contribution in [0.1, 0.15) is 28.7 Å². The molecule has 0 amide bonds. The normalized spacial score (nSPS) is 13.6. The third kappa shape index (κ3) is 4.42. The molecule has 0 saturated heterocycles. The van der Waals surface area contributed by atoms with Crippen molar-refractivity contribution in [3.8, 4) is 5.75 Å². The minimum absolute atomic E-state index is 0.206. The molecule has 0 radical (unpaired) electrons. The summed E-state index contributed by atoms with van der Waals surface area (Å²) in [5.41, 5.74) is 6.51. The summed E-state index contributed by atoms with van der Waals surface area (Å²) in [7, 11) is 0. The van der Waals surface area contributed by atoms with Gasteiger partial charge in [0.15, 0.2) is 0 Å². The fraction of sp³-hybridized carbons (Fsp3) is 0.174. The fourth-order valence-electron chi connectivity index (χ4n) is 3.35. The Balaban J connectivity index is 1.45. The number of aryl methyl sites for hydroxylation is 1. The van der Waals surface area contributed by atoms with E-state index in [1.807, 2.05) is 30.3 Å². The molecule has 2 nitrogen and oxygen atoms in total. The predicted molar refractivity (Wildman–Crippen MR) is 103 cm³/mol. The molecule has 5 heteroatoms. The molecule has 0 N–H and O–H groups in total. The summed E-state index contributed by atoms with van der Waals surface area (Å²) >= 11 is 0. The molecule has 0 aliphatic carbocycles. The molecule has 1 heterocycles. The highest BCUT2D eigenvalue weighted by atomic mass is 19.4. The summed E-state index contributed by atoms with van der Waals surface area (Å²) in [5.74, 6) is -0.206. The van der Waals surface area contributed by atoms with Gasteiger partial charge in [-0.2, -0.15) is 0 Å². The van der Waals surface area contributed by atoms with Crippen molar-refractivity contribution in [3.63, 3.8) is 0 Å². The molecular weight excluding hydrogens is 363 g/mol. The van der Waals surface area contributed by atoms with Gasteiger partial charge in [0.25, 0.3) is 0 Å². The van der Waals surface area contributed by atoms with E-state index in [0.717, 1.165) is 40.9 Å². The Morgan fingerprint density at radius 2 is 1.43 bits per heavy atom. The van der Waals surface area contributed by atoms with Crippen LogP contribution in [0, 0.1) is 0 Å². The van der Waals surface area contributed by atoms with Crippen molar-refractivity contribution in [2.75, 3.05) is 0 Å². The van der Waals surface area contributed by atoms with Gasteiger partial charge in [0.05, 0.1) is 5.69 Å². The van der Waals surface area contributed by atoms with Crippen molar-refractivity contribution >= 4 is 11.4 Å². The summed E-state index contributed by atoms with van der Waals surface area (Å²) in [5, 5.41) is 0. The number of hydrogen-bond donors (Lipinski definition) is 0. The van der Waals surface area contributed by atoms with Crippen LogP contribution in [0.5, 0.6) is 5.75 Å². The second-order valence-electron chi connectivity index (χ2n) is 6.75. The van der Waals surface area contributed by atoms with Crippen molar-refractivity contribution in [1.82, 2.24) is 0 Å². The van der Waals surface area contributed by atoms with Gasteiger partial charge in [-0.3, -0.25) is 4.99 Å². The Morgan fingerprint density at radius 1 is 0.786 bits per heavy atom. The van der Waals surface area contributed by atoms with Crippen LogP contribution in [0.15, 0.2) is 77.8 Å². The molecule has 0 bridgehead atoms. The van der Waals surface area contributed by atoms with Crippen LogP contribution in [0.3, 0.4) is 0 Å². The zero-order valence-electron chi connectivity index (χ0n) is 15.0. The molecule has 0 atom stereocenters. The van der Waals surface area contributed by atoms with E-state index in [1.54, 1.807) is 12.1 Å². The molecule has 0 unspecified atom stereocenters. The van der Waals surface area contributed by atoms with E-state index in [4.69, 9.17) is 4.99 Å². The zero-order valence-corrected chi connectivity index (χ0v) is 15.0. The number of fused-ring (bicyclic) bond motifs is 1. The van der Waals surface area contributed by atoms with Crippen molar-refractivity contribution in [3.05, 3.63) is 95.1 Å². The molecular formula is C23H18F3NO. The van der Waals surface area contributed by atoms with Crippen molar-refractivity contribution in [2.24, 2.45) is 4.99 Å². The Kier molecular flexibility index (Phi) is 4.90. The first-order valence-electron chi connectivity index (χ1n) is 9.06. The number of nitrogens with zero attached hydrogens (tertiary/aromatic N) is 1. The molecule has 0 aromatic heterocycles. The lowest BCUT2D eigenvalue weighted by Gasteiger charge is -2.15. The molecule has 0 spiro atoms. The Labute approximate surface area is 161 Å². The van der Waals surface area contributed by atoms with Crippen LogP contribution < -0.4 is 4.74 Å². The van der Waals surface area contributed by atoms with Crippen molar-refractivity contribution < 1.29 is 17.9 Å². The van der Waals surface area contributed by atoms with Crippen LogP contribution >= 0.6 is 0 Å². The number of benzene rings is 3. The molecule has 0 saturated carbocycles. The maximum Gasteiger partial charge on any atom is 0.573 e. The molecule has 3 aromatic carbocycles. The van der Waals surface area contributed by atoms with E-state index in [2.05, 4.69) is 22.9 Å². The highest BCUT2D eigenvalue weighted by molar-refractivity contribution is 6.03. The molecule has 28 heavy (non-hydrogen) atoms.